The Bertz CT molecular complexity index is 1270. The molecule has 1 aliphatic heterocycles. The summed E-state index contributed by atoms with van der Waals surface area (Å²) in [7, 11) is 3.40. The zero-order valence-electron chi connectivity index (χ0n) is 20.7. The molecule has 4 rings (SSSR count). The smallest absolute Gasteiger partial charge is 0.253 e. The number of carbonyl (C=O) groups excluding carboxylic acids is 2. The second-order valence-electron chi connectivity index (χ2n) is 9.51. The van der Waals surface area contributed by atoms with Crippen LogP contribution in [0.4, 0.5) is 0 Å². The average Bonchev–Trinajstić information content (AvgIpc) is 2.86. The summed E-state index contributed by atoms with van der Waals surface area (Å²) in [6.07, 6.45) is 4.87. The van der Waals surface area contributed by atoms with Crippen molar-refractivity contribution < 1.29 is 14.3 Å². The second-order valence-corrected chi connectivity index (χ2v) is 9.51. The quantitative estimate of drug-likeness (QED) is 0.406. The number of likely N-dealkylation sites (N-methyl/N-ethyl adjacent to an activating group) is 1. The lowest BCUT2D eigenvalue weighted by Gasteiger charge is -2.35. The summed E-state index contributed by atoms with van der Waals surface area (Å²) in [5.74, 6) is 0.449. The summed E-state index contributed by atoms with van der Waals surface area (Å²) in [6, 6.07) is 18.6. The van der Waals surface area contributed by atoms with Gasteiger partial charge in [0.2, 0.25) is 0 Å². The second kappa shape index (κ2) is 10.1. The number of nitrogens with zero attached hydrogens (tertiary/aromatic N) is 2. The minimum atomic E-state index is -0.193. The molecule has 0 unspecified atom stereocenters. The van der Waals surface area contributed by atoms with Gasteiger partial charge in [-0.1, -0.05) is 24.3 Å². The van der Waals surface area contributed by atoms with Crippen LogP contribution < -0.4 is 10.1 Å². The minimum absolute atomic E-state index is 0.129. The average molecular weight is 470 g/mol. The van der Waals surface area contributed by atoms with Gasteiger partial charge in [-0.2, -0.15) is 0 Å². The van der Waals surface area contributed by atoms with Crippen molar-refractivity contribution in [1.29, 1.82) is 0 Å². The first-order valence-corrected chi connectivity index (χ1v) is 11.7. The molecular formula is C29H31N3O3. The maximum Gasteiger partial charge on any atom is 0.253 e. The molecule has 0 spiro atoms. The van der Waals surface area contributed by atoms with E-state index in [9.17, 15) is 9.59 Å². The Hall–Kier alpha value is -3.93. The first-order chi connectivity index (χ1) is 16.8. The maximum atomic E-state index is 13.3. The van der Waals surface area contributed by atoms with Gasteiger partial charge in [0, 0.05) is 65.9 Å². The number of aromatic nitrogens is 1. The van der Waals surface area contributed by atoms with Gasteiger partial charge >= 0.3 is 0 Å². The van der Waals surface area contributed by atoms with Crippen LogP contribution in [0.1, 0.15) is 51.4 Å². The molecule has 0 saturated heterocycles. The van der Waals surface area contributed by atoms with E-state index < -0.39 is 0 Å². The SMILES string of the molecule is COc1ccc2c(c1)C(=CC(=O)c1cccc(C(=O)N(C)CCc3ccccn3)c1)NC(C)(C)C2. The van der Waals surface area contributed by atoms with Crippen LogP contribution in [0.2, 0.25) is 0 Å². The monoisotopic (exact) mass is 469 g/mol. The molecule has 0 fully saturated rings. The lowest BCUT2D eigenvalue weighted by molar-refractivity contribution is 0.0796. The van der Waals surface area contributed by atoms with Crippen LogP contribution in [0.5, 0.6) is 5.75 Å². The Morgan fingerprint density at radius 2 is 1.89 bits per heavy atom. The van der Waals surface area contributed by atoms with Gasteiger partial charge in [-0.15, -0.1) is 0 Å². The zero-order valence-corrected chi connectivity index (χ0v) is 20.7. The van der Waals surface area contributed by atoms with E-state index in [1.807, 2.05) is 30.3 Å². The van der Waals surface area contributed by atoms with E-state index in [0.29, 0.717) is 24.1 Å². The third kappa shape index (κ3) is 5.77. The van der Waals surface area contributed by atoms with Gasteiger partial charge in [0.25, 0.3) is 5.91 Å². The van der Waals surface area contributed by atoms with E-state index in [-0.39, 0.29) is 17.2 Å². The van der Waals surface area contributed by atoms with Crippen LogP contribution in [-0.2, 0) is 12.8 Å². The number of amides is 1. The molecule has 0 radical (unpaired) electrons. The van der Waals surface area contributed by atoms with E-state index in [1.54, 1.807) is 55.6 Å². The number of benzene rings is 2. The number of allylic oxidation sites excluding steroid dienone is 1. The first-order valence-electron chi connectivity index (χ1n) is 11.7. The summed E-state index contributed by atoms with van der Waals surface area (Å²) >= 11 is 0. The number of hydrogen-bond acceptors (Lipinski definition) is 5. The van der Waals surface area contributed by atoms with Gasteiger partial charge in [-0.25, -0.2) is 0 Å². The molecule has 1 aliphatic rings. The Morgan fingerprint density at radius 3 is 2.63 bits per heavy atom. The third-order valence-electron chi connectivity index (χ3n) is 6.16. The molecule has 1 amide bonds. The standard InChI is InChI=1S/C29H31N3O3/c1-29(2)19-22-11-12-24(35-4)17-25(22)26(31-29)18-27(33)20-8-7-9-21(16-20)28(34)32(3)15-13-23-10-5-6-14-30-23/h5-12,14,16-18,31H,13,15,19H2,1-4H3. The molecule has 2 heterocycles. The van der Waals surface area contributed by atoms with Crippen molar-refractivity contribution in [2.75, 3.05) is 20.7 Å². The molecule has 0 bridgehead atoms. The van der Waals surface area contributed by atoms with Crippen LogP contribution in [0, 0.1) is 0 Å². The summed E-state index contributed by atoms with van der Waals surface area (Å²) in [5.41, 5.74) is 4.56. The van der Waals surface area contributed by atoms with Gasteiger partial charge in [0.15, 0.2) is 5.78 Å². The van der Waals surface area contributed by atoms with Crippen molar-refractivity contribution in [3.63, 3.8) is 0 Å². The lowest BCUT2D eigenvalue weighted by atomic mass is 9.85. The molecule has 1 aromatic heterocycles. The summed E-state index contributed by atoms with van der Waals surface area (Å²) < 4.78 is 5.40. The van der Waals surface area contributed by atoms with Crippen molar-refractivity contribution in [2.45, 2.75) is 32.2 Å². The van der Waals surface area contributed by atoms with E-state index in [4.69, 9.17) is 4.74 Å². The summed E-state index contributed by atoms with van der Waals surface area (Å²) in [6.45, 7) is 4.76. The van der Waals surface area contributed by atoms with Gasteiger partial charge in [0.1, 0.15) is 5.75 Å². The Balaban J connectivity index is 1.54. The normalized spacial score (nSPS) is 15.1. The van der Waals surface area contributed by atoms with Crippen LogP contribution in [0.25, 0.3) is 5.70 Å². The van der Waals surface area contributed by atoms with Gasteiger partial charge in [-0.05, 0) is 62.2 Å². The number of carbonyl (C=O) groups is 2. The van der Waals surface area contributed by atoms with Crippen molar-refractivity contribution in [3.05, 3.63) is 101 Å². The van der Waals surface area contributed by atoms with E-state index in [2.05, 4.69) is 30.2 Å². The van der Waals surface area contributed by atoms with Crippen LogP contribution in [-0.4, -0.2) is 47.8 Å². The number of rotatable bonds is 7. The fourth-order valence-corrected chi connectivity index (χ4v) is 4.32. The Kier molecular flexibility index (Phi) is 7.01. The summed E-state index contributed by atoms with van der Waals surface area (Å²) in [5, 5.41) is 3.49. The predicted molar refractivity (Wildman–Crippen MR) is 138 cm³/mol. The van der Waals surface area contributed by atoms with E-state index in [1.165, 1.54) is 0 Å². The van der Waals surface area contributed by atoms with Crippen LogP contribution in [0.15, 0.2) is 72.9 Å². The van der Waals surface area contributed by atoms with Gasteiger partial charge < -0.3 is 15.0 Å². The fourth-order valence-electron chi connectivity index (χ4n) is 4.32. The van der Waals surface area contributed by atoms with E-state index in [0.717, 1.165) is 34.7 Å². The number of nitrogens with one attached hydrogen (secondary N) is 1. The molecule has 3 aromatic rings. The number of ketones is 1. The highest BCUT2D eigenvalue weighted by Gasteiger charge is 2.28. The molecule has 6 nitrogen and oxygen atoms in total. The molecule has 2 aromatic carbocycles. The van der Waals surface area contributed by atoms with Gasteiger partial charge in [0.05, 0.1) is 7.11 Å². The highest BCUT2D eigenvalue weighted by Crippen LogP contribution is 2.32. The lowest BCUT2D eigenvalue weighted by Crippen LogP contribution is -2.43. The highest BCUT2D eigenvalue weighted by molar-refractivity contribution is 6.10. The van der Waals surface area contributed by atoms with Crippen molar-refractivity contribution >= 4 is 17.4 Å². The fraction of sp³-hybridized carbons (Fsp3) is 0.276. The number of fused-ring (bicyclic) bond motifs is 1. The topological polar surface area (TPSA) is 71.5 Å². The number of pyridine rings is 1. The number of methoxy groups -OCH3 is 1. The van der Waals surface area contributed by atoms with Crippen LogP contribution >= 0.6 is 0 Å². The highest BCUT2D eigenvalue weighted by atomic mass is 16.5. The molecule has 1 N–H and O–H groups in total. The van der Waals surface area contributed by atoms with E-state index >= 15 is 0 Å². The van der Waals surface area contributed by atoms with Crippen molar-refractivity contribution in [2.24, 2.45) is 0 Å². The molecule has 180 valence electrons. The van der Waals surface area contributed by atoms with Gasteiger partial charge in [-0.3, -0.25) is 14.6 Å². The molecule has 35 heavy (non-hydrogen) atoms. The first kappa shape index (κ1) is 24.2. The molecule has 0 aliphatic carbocycles. The zero-order chi connectivity index (χ0) is 25.0. The third-order valence-corrected chi connectivity index (χ3v) is 6.16. The Labute approximate surface area is 206 Å². The largest absolute Gasteiger partial charge is 0.497 e. The molecule has 0 saturated carbocycles. The number of ether oxygens (including phenoxy) is 1. The molecule has 0 atom stereocenters. The summed E-state index contributed by atoms with van der Waals surface area (Å²) in [4.78, 5) is 32.2. The molecular weight excluding hydrogens is 438 g/mol. The maximum absolute atomic E-state index is 13.3. The van der Waals surface area contributed by atoms with Crippen LogP contribution in [0.3, 0.4) is 0 Å². The minimum Gasteiger partial charge on any atom is -0.497 e. The predicted octanol–water partition coefficient (Wildman–Crippen LogP) is 4.55. The molecule has 6 heteroatoms. The number of hydrogen-bond donors (Lipinski definition) is 1. The van der Waals surface area contributed by atoms with Crippen molar-refractivity contribution in [1.82, 2.24) is 15.2 Å². The Morgan fingerprint density at radius 1 is 1.09 bits per heavy atom. The van der Waals surface area contributed by atoms with Crippen molar-refractivity contribution in [3.8, 4) is 5.75 Å².